The summed E-state index contributed by atoms with van der Waals surface area (Å²) < 4.78 is 65.3. The topological polar surface area (TPSA) is 107 Å². The highest BCUT2D eigenvalue weighted by Crippen LogP contribution is 2.33. The second-order valence-corrected chi connectivity index (χ2v) is 8.43. The average Bonchev–Trinajstić information content (AvgIpc) is 2.96. The number of hydrogen-bond acceptors (Lipinski definition) is 6. The fourth-order valence-corrected chi connectivity index (χ4v) is 3.72. The molecular weight excluding hydrogens is 411 g/mol. The van der Waals surface area contributed by atoms with Crippen molar-refractivity contribution in [3.8, 4) is 11.5 Å². The van der Waals surface area contributed by atoms with Crippen LogP contribution in [-0.4, -0.2) is 39.6 Å². The smallest absolute Gasteiger partial charge is 0.311 e. The molecule has 0 aromatic carbocycles. The van der Waals surface area contributed by atoms with Crippen molar-refractivity contribution >= 4 is 32.7 Å². The van der Waals surface area contributed by atoms with Crippen LogP contribution in [0.4, 0.5) is 19.0 Å². The molecule has 29 heavy (non-hydrogen) atoms. The molecule has 0 aliphatic rings. The maximum atomic E-state index is 13.0. The lowest BCUT2D eigenvalue weighted by atomic mass is 10.2. The Kier molecular flexibility index (Phi) is 5.07. The van der Waals surface area contributed by atoms with Crippen molar-refractivity contribution in [2.75, 3.05) is 11.1 Å². The van der Waals surface area contributed by atoms with E-state index in [1.165, 1.54) is 37.6 Å². The summed E-state index contributed by atoms with van der Waals surface area (Å²) in [7, 11) is -2.25. The van der Waals surface area contributed by atoms with Crippen LogP contribution in [0.2, 0.25) is 0 Å². The number of aryl methyl sites for hydroxylation is 1. The van der Waals surface area contributed by atoms with Crippen molar-refractivity contribution < 1.29 is 26.4 Å². The summed E-state index contributed by atoms with van der Waals surface area (Å²) in [4.78, 5) is 23.3. The van der Waals surface area contributed by atoms with E-state index in [0.29, 0.717) is 6.20 Å². The molecule has 0 aliphatic carbocycles. The minimum absolute atomic E-state index is 0.00560. The number of carbonyl (C=O) groups is 1. The van der Waals surface area contributed by atoms with Gasteiger partial charge in [-0.1, -0.05) is 6.92 Å². The molecule has 0 saturated carbocycles. The number of nitrogens with zero attached hydrogens (tertiary/aromatic N) is 4. The Labute approximate surface area is 163 Å². The average molecular weight is 427 g/mol. The van der Waals surface area contributed by atoms with Crippen LogP contribution in [0.3, 0.4) is 0 Å². The van der Waals surface area contributed by atoms with Crippen molar-refractivity contribution in [3.63, 3.8) is 0 Å². The molecule has 8 nitrogen and oxygen atoms in total. The second kappa shape index (κ2) is 7.10. The van der Waals surface area contributed by atoms with Crippen LogP contribution < -0.4 is 5.32 Å². The number of sulfone groups is 1. The van der Waals surface area contributed by atoms with E-state index < -0.39 is 27.5 Å². The predicted molar refractivity (Wildman–Crippen MR) is 98.8 cm³/mol. The molecule has 1 amide bonds. The summed E-state index contributed by atoms with van der Waals surface area (Å²) in [6, 6.07) is 3.44. The van der Waals surface area contributed by atoms with E-state index in [1.54, 1.807) is 0 Å². The van der Waals surface area contributed by atoms with E-state index >= 15 is 0 Å². The third kappa shape index (κ3) is 3.92. The Balaban J connectivity index is 2.29. The van der Waals surface area contributed by atoms with Crippen molar-refractivity contribution in [3.05, 3.63) is 30.0 Å². The third-order valence-electron chi connectivity index (χ3n) is 4.13. The van der Waals surface area contributed by atoms with E-state index in [-0.39, 0.29) is 39.1 Å². The molecule has 0 aliphatic heterocycles. The zero-order chi connectivity index (χ0) is 21.6. The first kappa shape index (κ1) is 20.7. The van der Waals surface area contributed by atoms with Crippen LogP contribution in [0.25, 0.3) is 22.7 Å². The maximum absolute atomic E-state index is 13.0. The van der Waals surface area contributed by atoms with Crippen molar-refractivity contribution in [1.82, 2.24) is 19.5 Å². The molecule has 0 bridgehead atoms. The number of alkyl halides is 3. The molecule has 0 unspecified atom stereocenters. The van der Waals surface area contributed by atoms with Gasteiger partial charge in [0.15, 0.2) is 21.3 Å². The van der Waals surface area contributed by atoms with Gasteiger partial charge in [0.2, 0.25) is 5.91 Å². The predicted octanol–water partition coefficient (Wildman–Crippen LogP) is 2.80. The SMILES string of the molecule is CCS(=O)(=O)c1ccc(NC(C)=O)nc1-c1nc2cc(C(F)(F)F)cnc2n1C. The lowest BCUT2D eigenvalue weighted by Crippen LogP contribution is -2.12. The monoisotopic (exact) mass is 427 g/mol. The highest BCUT2D eigenvalue weighted by molar-refractivity contribution is 7.91. The van der Waals surface area contributed by atoms with Gasteiger partial charge in [-0.25, -0.2) is 23.4 Å². The molecular formula is C17H16F3N5O3S. The Bertz CT molecular complexity index is 1220. The number of nitrogens with one attached hydrogen (secondary N) is 1. The molecule has 3 aromatic heterocycles. The zero-order valence-electron chi connectivity index (χ0n) is 15.6. The van der Waals surface area contributed by atoms with Crippen LogP contribution in [0.1, 0.15) is 19.4 Å². The number of hydrogen-bond donors (Lipinski definition) is 1. The van der Waals surface area contributed by atoms with Gasteiger partial charge in [0, 0.05) is 20.2 Å². The molecule has 0 atom stereocenters. The number of halogens is 3. The van der Waals surface area contributed by atoms with Gasteiger partial charge < -0.3 is 9.88 Å². The number of anilines is 1. The first-order chi connectivity index (χ1) is 13.4. The van der Waals surface area contributed by atoms with Crippen molar-refractivity contribution in [2.45, 2.75) is 24.9 Å². The summed E-state index contributed by atoms with van der Waals surface area (Å²) in [5, 5.41) is 2.45. The number of aromatic nitrogens is 4. The Hall–Kier alpha value is -3.02. The normalized spacial score (nSPS) is 12.3. The number of rotatable bonds is 4. The van der Waals surface area contributed by atoms with Crippen molar-refractivity contribution in [1.29, 1.82) is 0 Å². The van der Waals surface area contributed by atoms with E-state index in [9.17, 15) is 26.4 Å². The molecule has 0 radical (unpaired) electrons. The summed E-state index contributed by atoms with van der Waals surface area (Å²) >= 11 is 0. The largest absolute Gasteiger partial charge is 0.417 e. The van der Waals surface area contributed by atoms with Crippen LogP contribution >= 0.6 is 0 Å². The van der Waals surface area contributed by atoms with E-state index in [0.717, 1.165) is 6.07 Å². The van der Waals surface area contributed by atoms with Gasteiger partial charge in [0.05, 0.1) is 16.2 Å². The van der Waals surface area contributed by atoms with Crippen LogP contribution in [0.5, 0.6) is 0 Å². The van der Waals surface area contributed by atoms with E-state index in [2.05, 4.69) is 20.3 Å². The molecule has 3 heterocycles. The highest BCUT2D eigenvalue weighted by Gasteiger charge is 2.32. The van der Waals surface area contributed by atoms with Gasteiger partial charge >= 0.3 is 6.18 Å². The van der Waals surface area contributed by atoms with Gasteiger partial charge in [-0.05, 0) is 18.2 Å². The van der Waals surface area contributed by atoms with Crippen LogP contribution in [0.15, 0.2) is 29.3 Å². The number of amides is 1. The summed E-state index contributed by atoms with van der Waals surface area (Å²) in [5.74, 6) is -0.553. The standard InChI is InChI=1S/C17H16F3N5O3S/c1-4-29(27,28)12-5-6-13(22-9(2)26)24-14(12)16-23-11-7-10(17(18,19)20)8-21-15(11)25(16)3/h5-8H,4H2,1-3H3,(H,22,24,26). The lowest BCUT2D eigenvalue weighted by molar-refractivity contribution is -0.137. The quantitative estimate of drug-likeness (QED) is 0.686. The summed E-state index contributed by atoms with van der Waals surface area (Å²) in [5.41, 5.74) is -1.01. The van der Waals surface area contributed by atoms with Gasteiger partial charge in [-0.2, -0.15) is 13.2 Å². The Morgan fingerprint density at radius 1 is 1.24 bits per heavy atom. The molecule has 3 aromatic rings. The summed E-state index contributed by atoms with van der Waals surface area (Å²) in [6.45, 7) is 2.71. The lowest BCUT2D eigenvalue weighted by Gasteiger charge is -2.11. The minimum atomic E-state index is -4.60. The highest BCUT2D eigenvalue weighted by atomic mass is 32.2. The zero-order valence-corrected chi connectivity index (χ0v) is 16.4. The fraction of sp³-hybridized carbons (Fsp3) is 0.294. The second-order valence-electron chi connectivity index (χ2n) is 6.19. The molecule has 3 rings (SSSR count). The summed E-state index contributed by atoms with van der Waals surface area (Å²) in [6.07, 6.45) is -3.92. The van der Waals surface area contributed by atoms with Crippen molar-refractivity contribution in [2.24, 2.45) is 7.05 Å². The first-order valence-electron chi connectivity index (χ1n) is 8.35. The molecule has 154 valence electrons. The number of fused-ring (bicyclic) bond motifs is 1. The van der Waals surface area contributed by atoms with Gasteiger partial charge in [0.25, 0.3) is 0 Å². The molecule has 0 saturated heterocycles. The van der Waals surface area contributed by atoms with Gasteiger partial charge in [-0.3, -0.25) is 4.79 Å². The Morgan fingerprint density at radius 2 is 1.93 bits per heavy atom. The third-order valence-corrected chi connectivity index (χ3v) is 5.89. The number of pyridine rings is 2. The Morgan fingerprint density at radius 3 is 2.52 bits per heavy atom. The van der Waals surface area contributed by atoms with Crippen LogP contribution in [0, 0.1) is 0 Å². The van der Waals surface area contributed by atoms with E-state index in [1.807, 2.05) is 0 Å². The molecule has 0 fully saturated rings. The van der Waals surface area contributed by atoms with Gasteiger partial charge in [-0.15, -0.1) is 0 Å². The molecule has 12 heteroatoms. The van der Waals surface area contributed by atoms with Crippen LogP contribution in [-0.2, 0) is 27.9 Å². The molecule has 1 N–H and O–H groups in total. The number of imidazole rings is 1. The first-order valence-corrected chi connectivity index (χ1v) is 10.0. The van der Waals surface area contributed by atoms with Gasteiger partial charge in [0.1, 0.15) is 17.0 Å². The number of carbonyl (C=O) groups excluding carboxylic acids is 1. The molecule has 0 spiro atoms. The minimum Gasteiger partial charge on any atom is -0.311 e. The maximum Gasteiger partial charge on any atom is 0.417 e. The van der Waals surface area contributed by atoms with E-state index in [4.69, 9.17) is 0 Å². The fourth-order valence-electron chi connectivity index (χ4n) is 2.71.